The summed E-state index contributed by atoms with van der Waals surface area (Å²) >= 11 is 5.89. The van der Waals surface area contributed by atoms with Crippen molar-refractivity contribution < 1.29 is 4.79 Å². The zero-order valence-corrected chi connectivity index (χ0v) is 15.3. The van der Waals surface area contributed by atoms with Crippen molar-refractivity contribution in [2.24, 2.45) is 5.92 Å². The van der Waals surface area contributed by atoms with Crippen molar-refractivity contribution >= 4 is 17.5 Å². The minimum Gasteiger partial charge on any atom is -0.355 e. The molecule has 3 aromatic rings. The van der Waals surface area contributed by atoms with E-state index in [2.05, 4.69) is 20.5 Å². The molecule has 1 heterocycles. The van der Waals surface area contributed by atoms with Gasteiger partial charge in [0.1, 0.15) is 5.82 Å². The molecule has 3 rings (SSSR count). The average Bonchev–Trinajstić information content (AvgIpc) is 3.12. The van der Waals surface area contributed by atoms with Gasteiger partial charge in [-0.15, -0.1) is 0 Å². The fourth-order valence-corrected chi connectivity index (χ4v) is 2.80. The highest BCUT2D eigenvalue weighted by Crippen LogP contribution is 2.17. The molecule has 2 N–H and O–H groups in total. The Kier molecular flexibility index (Phi) is 6.02. The summed E-state index contributed by atoms with van der Waals surface area (Å²) in [6, 6.07) is 17.4. The van der Waals surface area contributed by atoms with Gasteiger partial charge >= 0.3 is 0 Å². The molecule has 5 nitrogen and oxygen atoms in total. The van der Waals surface area contributed by atoms with Crippen LogP contribution in [0.1, 0.15) is 18.3 Å². The summed E-state index contributed by atoms with van der Waals surface area (Å²) in [4.78, 5) is 16.7. The molecule has 0 bridgehead atoms. The maximum absolute atomic E-state index is 12.2. The van der Waals surface area contributed by atoms with E-state index in [1.165, 1.54) is 0 Å². The van der Waals surface area contributed by atoms with Crippen molar-refractivity contribution in [1.82, 2.24) is 20.5 Å². The lowest BCUT2D eigenvalue weighted by atomic mass is 10.0. The molecule has 26 heavy (non-hydrogen) atoms. The third-order valence-electron chi connectivity index (χ3n) is 4.13. The fraction of sp³-hybridized carbons (Fsp3) is 0.250. The number of amides is 1. The first-order valence-electron chi connectivity index (χ1n) is 8.60. The summed E-state index contributed by atoms with van der Waals surface area (Å²) in [5.74, 6) is 1.34. The van der Waals surface area contributed by atoms with Gasteiger partial charge in [0.05, 0.1) is 0 Å². The molecule has 1 atom stereocenters. The van der Waals surface area contributed by atoms with Gasteiger partial charge in [-0.3, -0.25) is 9.89 Å². The number of rotatable bonds is 7. The van der Waals surface area contributed by atoms with Crippen molar-refractivity contribution in [3.63, 3.8) is 0 Å². The number of aromatic amines is 1. The summed E-state index contributed by atoms with van der Waals surface area (Å²) in [5.41, 5.74) is 2.07. The van der Waals surface area contributed by atoms with Crippen molar-refractivity contribution in [3.05, 3.63) is 71.0 Å². The lowest BCUT2D eigenvalue weighted by Gasteiger charge is -2.11. The van der Waals surface area contributed by atoms with E-state index < -0.39 is 0 Å². The molecule has 134 valence electrons. The Labute approximate surface area is 157 Å². The van der Waals surface area contributed by atoms with Crippen LogP contribution in [0.15, 0.2) is 54.6 Å². The molecule has 1 amide bonds. The number of hydrogen-bond donors (Lipinski definition) is 2. The summed E-state index contributed by atoms with van der Waals surface area (Å²) in [6.45, 7) is 2.46. The number of carbonyl (C=O) groups is 1. The van der Waals surface area contributed by atoms with Gasteiger partial charge in [-0.25, -0.2) is 4.98 Å². The Morgan fingerprint density at radius 2 is 1.88 bits per heavy atom. The van der Waals surface area contributed by atoms with Crippen LogP contribution in [0.5, 0.6) is 0 Å². The highest BCUT2D eigenvalue weighted by molar-refractivity contribution is 6.30. The zero-order chi connectivity index (χ0) is 18.4. The standard InChI is InChI=1S/C20H21ClN4O/c1-14(13-15-5-3-2-4-6-15)20(26)22-12-11-18-23-19(25-24-18)16-7-9-17(21)10-8-16/h2-10,14H,11-13H2,1H3,(H,22,26)(H,23,24,25). The topological polar surface area (TPSA) is 70.7 Å². The van der Waals surface area contributed by atoms with E-state index in [9.17, 15) is 4.79 Å². The number of benzene rings is 2. The Morgan fingerprint density at radius 1 is 1.15 bits per heavy atom. The van der Waals surface area contributed by atoms with Crippen molar-refractivity contribution in [2.75, 3.05) is 6.54 Å². The van der Waals surface area contributed by atoms with E-state index in [1.54, 1.807) is 12.1 Å². The SMILES string of the molecule is CC(Cc1ccccc1)C(=O)NCCc1nc(-c2ccc(Cl)cc2)n[nH]1. The molecular formula is C20H21ClN4O. The van der Waals surface area contributed by atoms with Crippen LogP contribution in [0.25, 0.3) is 11.4 Å². The first kappa shape index (κ1) is 18.1. The van der Waals surface area contributed by atoms with E-state index in [0.717, 1.165) is 23.4 Å². The van der Waals surface area contributed by atoms with Crippen molar-refractivity contribution in [2.45, 2.75) is 19.8 Å². The highest BCUT2D eigenvalue weighted by atomic mass is 35.5. The first-order chi connectivity index (χ1) is 12.6. The Bertz CT molecular complexity index is 846. The van der Waals surface area contributed by atoms with E-state index in [0.29, 0.717) is 23.8 Å². The van der Waals surface area contributed by atoms with Crippen LogP contribution in [0, 0.1) is 5.92 Å². The fourth-order valence-electron chi connectivity index (χ4n) is 2.67. The summed E-state index contributed by atoms with van der Waals surface area (Å²) < 4.78 is 0. The van der Waals surface area contributed by atoms with Gasteiger partial charge in [0.2, 0.25) is 5.91 Å². The molecule has 0 saturated carbocycles. The molecule has 0 saturated heterocycles. The van der Waals surface area contributed by atoms with Crippen molar-refractivity contribution in [1.29, 1.82) is 0 Å². The second-order valence-corrected chi connectivity index (χ2v) is 6.68. The molecule has 0 fully saturated rings. The summed E-state index contributed by atoms with van der Waals surface area (Å²) in [5, 5.41) is 10.8. The molecule has 0 aliphatic carbocycles. The number of nitrogens with one attached hydrogen (secondary N) is 2. The quantitative estimate of drug-likeness (QED) is 0.668. The molecular weight excluding hydrogens is 348 g/mol. The number of carbonyl (C=O) groups excluding carboxylic acids is 1. The predicted molar refractivity (Wildman–Crippen MR) is 103 cm³/mol. The number of hydrogen-bond acceptors (Lipinski definition) is 3. The molecule has 0 aliphatic rings. The molecule has 0 radical (unpaired) electrons. The lowest BCUT2D eigenvalue weighted by Crippen LogP contribution is -2.32. The minimum atomic E-state index is -0.0724. The minimum absolute atomic E-state index is 0.0475. The average molecular weight is 369 g/mol. The number of nitrogens with zero attached hydrogens (tertiary/aromatic N) is 2. The summed E-state index contributed by atoms with van der Waals surface area (Å²) in [6.07, 6.45) is 1.33. The number of aromatic nitrogens is 3. The molecule has 1 aromatic heterocycles. The second kappa shape index (κ2) is 8.63. The maximum Gasteiger partial charge on any atom is 0.223 e. The predicted octanol–water partition coefficient (Wildman–Crippen LogP) is 3.66. The van der Waals surface area contributed by atoms with Crippen LogP contribution in [0.2, 0.25) is 5.02 Å². The molecule has 0 aliphatic heterocycles. The van der Waals surface area contributed by atoms with Gasteiger partial charge in [-0.05, 0) is 36.2 Å². The smallest absolute Gasteiger partial charge is 0.223 e. The van der Waals surface area contributed by atoms with Crippen LogP contribution in [0.3, 0.4) is 0 Å². The van der Waals surface area contributed by atoms with Crippen LogP contribution < -0.4 is 5.32 Å². The molecule has 2 aromatic carbocycles. The van der Waals surface area contributed by atoms with Gasteiger partial charge in [-0.2, -0.15) is 5.10 Å². The van der Waals surface area contributed by atoms with Crippen LogP contribution in [0.4, 0.5) is 0 Å². The van der Waals surface area contributed by atoms with E-state index in [4.69, 9.17) is 11.6 Å². The van der Waals surface area contributed by atoms with E-state index in [1.807, 2.05) is 49.4 Å². The second-order valence-electron chi connectivity index (χ2n) is 6.24. The van der Waals surface area contributed by atoms with E-state index >= 15 is 0 Å². The Hall–Kier alpha value is -2.66. The Morgan fingerprint density at radius 3 is 2.62 bits per heavy atom. The first-order valence-corrected chi connectivity index (χ1v) is 8.98. The normalized spacial score (nSPS) is 11.9. The van der Waals surface area contributed by atoms with E-state index in [-0.39, 0.29) is 11.8 Å². The van der Waals surface area contributed by atoms with Crippen molar-refractivity contribution in [3.8, 4) is 11.4 Å². The third kappa shape index (κ3) is 4.92. The number of halogens is 1. The largest absolute Gasteiger partial charge is 0.355 e. The Balaban J connectivity index is 1.47. The van der Waals surface area contributed by atoms with Gasteiger partial charge < -0.3 is 5.32 Å². The van der Waals surface area contributed by atoms with Crippen LogP contribution >= 0.6 is 11.6 Å². The maximum atomic E-state index is 12.2. The van der Waals surface area contributed by atoms with Crippen LogP contribution in [-0.2, 0) is 17.6 Å². The van der Waals surface area contributed by atoms with Gasteiger partial charge in [-0.1, -0.05) is 48.9 Å². The van der Waals surface area contributed by atoms with Gasteiger partial charge in [0.25, 0.3) is 0 Å². The molecule has 6 heteroatoms. The van der Waals surface area contributed by atoms with Crippen LogP contribution in [-0.4, -0.2) is 27.6 Å². The zero-order valence-electron chi connectivity index (χ0n) is 14.6. The highest BCUT2D eigenvalue weighted by Gasteiger charge is 2.13. The third-order valence-corrected chi connectivity index (χ3v) is 4.38. The monoisotopic (exact) mass is 368 g/mol. The van der Waals surface area contributed by atoms with Gasteiger partial charge in [0, 0.05) is 29.5 Å². The lowest BCUT2D eigenvalue weighted by molar-refractivity contribution is -0.124. The molecule has 0 spiro atoms. The number of H-pyrrole nitrogens is 1. The summed E-state index contributed by atoms with van der Waals surface area (Å²) in [7, 11) is 0. The van der Waals surface area contributed by atoms with Gasteiger partial charge in [0.15, 0.2) is 5.82 Å². The molecule has 1 unspecified atom stereocenters.